The van der Waals surface area contributed by atoms with Gasteiger partial charge < -0.3 is 10.3 Å². The van der Waals surface area contributed by atoms with E-state index in [1.54, 1.807) is 0 Å². The molecule has 0 fully saturated rings. The number of hydrogen-bond donors (Lipinski definition) is 1. The van der Waals surface area contributed by atoms with Gasteiger partial charge in [-0.3, -0.25) is 9.48 Å². The lowest BCUT2D eigenvalue weighted by Crippen LogP contribution is -2.24. The average molecular weight is 461 g/mol. The number of carbonyl (C=O) groups is 1. The van der Waals surface area contributed by atoms with Gasteiger partial charge in [-0.25, -0.2) is 0 Å². The Labute approximate surface area is 189 Å². The van der Waals surface area contributed by atoms with Crippen LogP contribution in [0.5, 0.6) is 0 Å². The van der Waals surface area contributed by atoms with Crippen LogP contribution in [0.2, 0.25) is 0 Å². The highest BCUT2D eigenvalue weighted by atomic mass is 19.4. The lowest BCUT2D eigenvalue weighted by Gasteiger charge is -2.30. The molecule has 0 saturated heterocycles. The predicted molar refractivity (Wildman–Crippen MR) is 115 cm³/mol. The molecule has 3 aromatic rings. The number of alkyl halides is 3. The molecule has 2 heterocycles. The van der Waals surface area contributed by atoms with Gasteiger partial charge in [0.15, 0.2) is 5.69 Å². The zero-order chi connectivity index (χ0) is 24.0. The van der Waals surface area contributed by atoms with Gasteiger partial charge in [-0.15, -0.1) is 0 Å². The molecule has 0 aliphatic heterocycles. The number of aryl methyl sites for hydroxylation is 2. The highest BCUT2D eigenvalue weighted by Crippen LogP contribution is 2.40. The average Bonchev–Trinajstić information content (AvgIpc) is 3.35. The molecule has 2 aromatic heterocycles. The molecule has 0 atom stereocenters. The fraction of sp³-hybridized carbons (Fsp3) is 0.478. The van der Waals surface area contributed by atoms with E-state index in [0.29, 0.717) is 17.8 Å². The van der Waals surface area contributed by atoms with Crippen LogP contribution in [0.25, 0.3) is 23.0 Å². The van der Waals surface area contributed by atoms with E-state index < -0.39 is 17.6 Å². The molecule has 176 valence electrons. The molecule has 0 saturated carbocycles. The van der Waals surface area contributed by atoms with Gasteiger partial charge in [0, 0.05) is 29.8 Å². The van der Waals surface area contributed by atoms with E-state index in [9.17, 15) is 18.0 Å². The van der Waals surface area contributed by atoms with Gasteiger partial charge in [0.2, 0.25) is 11.7 Å². The molecule has 1 aromatic carbocycles. The molecule has 10 heteroatoms. The number of carbonyl (C=O) groups excluding carboxylic acids is 1. The second-order valence-corrected chi connectivity index (χ2v) is 9.20. The molecule has 0 spiro atoms. The second-order valence-electron chi connectivity index (χ2n) is 9.20. The Morgan fingerprint density at radius 2 is 2.06 bits per heavy atom. The first-order chi connectivity index (χ1) is 15.5. The van der Waals surface area contributed by atoms with Crippen LogP contribution in [0.3, 0.4) is 0 Å². The number of nitrogens with zero attached hydrogens (tertiary/aromatic N) is 4. The minimum absolute atomic E-state index is 0.0367. The summed E-state index contributed by atoms with van der Waals surface area (Å²) in [6, 6.07) is 3.82. The fourth-order valence-corrected chi connectivity index (χ4v) is 4.31. The van der Waals surface area contributed by atoms with E-state index >= 15 is 0 Å². The van der Waals surface area contributed by atoms with Gasteiger partial charge in [0.05, 0.1) is 5.56 Å². The Hall–Kier alpha value is -3.17. The molecule has 0 unspecified atom stereocenters. The summed E-state index contributed by atoms with van der Waals surface area (Å²) in [4.78, 5) is 15.3. The number of rotatable bonds is 6. The van der Waals surface area contributed by atoms with Crippen molar-refractivity contribution in [1.29, 1.82) is 0 Å². The van der Waals surface area contributed by atoms with E-state index in [1.807, 2.05) is 11.6 Å². The molecule has 33 heavy (non-hydrogen) atoms. The van der Waals surface area contributed by atoms with E-state index in [2.05, 4.69) is 29.1 Å². The van der Waals surface area contributed by atoms with Crippen LogP contribution in [0.15, 0.2) is 22.7 Å². The van der Waals surface area contributed by atoms with Crippen LogP contribution >= 0.6 is 0 Å². The Bertz CT molecular complexity index is 1190. The van der Waals surface area contributed by atoms with Crippen LogP contribution in [-0.2, 0) is 36.8 Å². The number of hydrogen-bond acceptors (Lipinski definition) is 5. The van der Waals surface area contributed by atoms with Crippen LogP contribution in [-0.4, -0.2) is 25.8 Å². The van der Waals surface area contributed by atoms with Crippen molar-refractivity contribution in [2.24, 2.45) is 11.1 Å². The third-order valence-electron chi connectivity index (χ3n) is 6.08. The molecular formula is C23H26F3N5O2. The van der Waals surface area contributed by atoms with Gasteiger partial charge in [-0.1, -0.05) is 31.1 Å². The Balaban J connectivity index is 1.73. The first-order valence-corrected chi connectivity index (χ1v) is 10.9. The predicted octanol–water partition coefficient (Wildman–Crippen LogP) is 4.57. The maximum absolute atomic E-state index is 13.8. The lowest BCUT2D eigenvalue weighted by molar-refractivity contribution is -0.137. The molecular weight excluding hydrogens is 435 g/mol. The highest BCUT2D eigenvalue weighted by molar-refractivity contribution is 5.74. The summed E-state index contributed by atoms with van der Waals surface area (Å²) in [5.74, 6) is -0.623. The van der Waals surface area contributed by atoms with Crippen LogP contribution < -0.4 is 5.73 Å². The lowest BCUT2D eigenvalue weighted by atomic mass is 9.76. The smallest absolute Gasteiger partial charge is 0.370 e. The summed E-state index contributed by atoms with van der Waals surface area (Å²) in [6.07, 6.45) is -1.94. The first-order valence-electron chi connectivity index (χ1n) is 10.9. The molecule has 2 N–H and O–H groups in total. The van der Waals surface area contributed by atoms with E-state index in [4.69, 9.17) is 10.3 Å². The minimum Gasteiger partial charge on any atom is -0.370 e. The van der Waals surface area contributed by atoms with Gasteiger partial charge in [0.25, 0.3) is 5.89 Å². The monoisotopic (exact) mass is 461 g/mol. The second kappa shape index (κ2) is 8.31. The number of amides is 1. The maximum atomic E-state index is 13.8. The molecule has 0 radical (unpaired) electrons. The molecule has 1 aliphatic rings. The number of nitrogens with two attached hydrogens (primary N) is 1. The third kappa shape index (κ3) is 4.65. The van der Waals surface area contributed by atoms with Gasteiger partial charge in [-0.05, 0) is 49.7 Å². The SMILES string of the molecule is CCn1nc(-c2nc(-c3ccc(CCC(N)=O)cc3C(F)(F)F)no2)c2c1CC(C)(C)CC2. The summed E-state index contributed by atoms with van der Waals surface area (Å²) in [7, 11) is 0. The zero-order valence-corrected chi connectivity index (χ0v) is 18.8. The summed E-state index contributed by atoms with van der Waals surface area (Å²) in [5.41, 5.74) is 7.20. The van der Waals surface area contributed by atoms with Crippen molar-refractivity contribution in [3.63, 3.8) is 0 Å². The summed E-state index contributed by atoms with van der Waals surface area (Å²) < 4.78 is 48.7. The summed E-state index contributed by atoms with van der Waals surface area (Å²) >= 11 is 0. The van der Waals surface area contributed by atoms with Crippen molar-refractivity contribution in [2.75, 3.05) is 0 Å². The third-order valence-corrected chi connectivity index (χ3v) is 6.08. The van der Waals surface area contributed by atoms with Crippen molar-refractivity contribution < 1.29 is 22.5 Å². The van der Waals surface area contributed by atoms with Gasteiger partial charge in [0.1, 0.15) is 0 Å². The Morgan fingerprint density at radius 3 is 2.73 bits per heavy atom. The summed E-state index contributed by atoms with van der Waals surface area (Å²) in [5, 5.41) is 8.48. The van der Waals surface area contributed by atoms with E-state index in [1.165, 1.54) is 12.1 Å². The zero-order valence-electron chi connectivity index (χ0n) is 18.8. The van der Waals surface area contributed by atoms with Crippen LogP contribution in [0.1, 0.15) is 56.0 Å². The van der Waals surface area contributed by atoms with E-state index in [-0.39, 0.29) is 35.5 Å². The molecule has 1 aliphatic carbocycles. The standard InChI is InChI=1S/C23H26F3N5O2/c1-4-31-17-12-22(2,3)10-9-15(17)19(29-31)21-28-20(30-33-21)14-7-5-13(6-8-18(27)32)11-16(14)23(24,25)26/h5,7,11H,4,6,8-10,12H2,1-3H3,(H2,27,32). The topological polar surface area (TPSA) is 99.8 Å². The number of aromatic nitrogens is 4. The first kappa shape index (κ1) is 23.0. The fourth-order valence-electron chi connectivity index (χ4n) is 4.31. The molecule has 7 nitrogen and oxygen atoms in total. The van der Waals surface area contributed by atoms with Crippen molar-refractivity contribution in [2.45, 2.75) is 65.6 Å². The van der Waals surface area contributed by atoms with E-state index in [0.717, 1.165) is 36.6 Å². The largest absolute Gasteiger partial charge is 0.417 e. The van der Waals surface area contributed by atoms with Crippen molar-refractivity contribution >= 4 is 5.91 Å². The van der Waals surface area contributed by atoms with Crippen molar-refractivity contribution in [1.82, 2.24) is 19.9 Å². The number of primary amides is 1. The number of benzene rings is 1. The van der Waals surface area contributed by atoms with Crippen LogP contribution in [0, 0.1) is 5.41 Å². The number of halogens is 3. The normalized spacial score (nSPS) is 15.5. The Morgan fingerprint density at radius 1 is 1.30 bits per heavy atom. The van der Waals surface area contributed by atoms with Gasteiger partial charge in [-0.2, -0.15) is 23.3 Å². The molecule has 4 rings (SSSR count). The summed E-state index contributed by atoms with van der Waals surface area (Å²) in [6.45, 7) is 7.08. The van der Waals surface area contributed by atoms with Gasteiger partial charge >= 0.3 is 6.18 Å². The van der Waals surface area contributed by atoms with Crippen molar-refractivity contribution in [3.8, 4) is 23.0 Å². The number of fused-ring (bicyclic) bond motifs is 1. The quantitative estimate of drug-likeness (QED) is 0.580. The highest BCUT2D eigenvalue weighted by Gasteiger charge is 2.36. The van der Waals surface area contributed by atoms with Crippen LogP contribution in [0.4, 0.5) is 13.2 Å². The molecule has 1 amide bonds. The maximum Gasteiger partial charge on any atom is 0.417 e. The minimum atomic E-state index is -4.63. The Kier molecular flexibility index (Phi) is 5.79. The van der Waals surface area contributed by atoms with Crippen molar-refractivity contribution in [3.05, 3.63) is 40.6 Å². The molecule has 0 bridgehead atoms.